The molecule has 0 bridgehead atoms. The number of ketones is 1. The monoisotopic (exact) mass is 380 g/mol. The zero-order chi connectivity index (χ0) is 20.1. The maximum atomic E-state index is 13.5. The highest BCUT2D eigenvalue weighted by Gasteiger charge is 2.63. The highest BCUT2D eigenvalue weighted by atomic mass is 16.3. The SMILES string of the molecule is C=CCC1=C2c3ccccc3CC(C)(C)N2C(O)(C(=O)N2CCCCC2)C1=O. The lowest BCUT2D eigenvalue weighted by Crippen LogP contribution is -2.67. The van der Waals surface area contributed by atoms with Crippen molar-refractivity contribution in [3.05, 3.63) is 53.6 Å². The Balaban J connectivity index is 1.89. The molecule has 28 heavy (non-hydrogen) atoms. The third-order valence-electron chi connectivity index (χ3n) is 6.21. The molecule has 0 aromatic heterocycles. The fraction of sp³-hybridized carbons (Fsp3) is 0.478. The van der Waals surface area contributed by atoms with Gasteiger partial charge in [0.1, 0.15) is 0 Å². The largest absolute Gasteiger partial charge is 0.357 e. The molecule has 3 heterocycles. The molecule has 4 rings (SSSR count). The molecule has 5 nitrogen and oxygen atoms in total. The summed E-state index contributed by atoms with van der Waals surface area (Å²) in [4.78, 5) is 30.4. The summed E-state index contributed by atoms with van der Waals surface area (Å²) in [6.07, 6.45) is 5.52. The molecule has 3 aliphatic rings. The van der Waals surface area contributed by atoms with Gasteiger partial charge in [-0.05, 0) is 51.5 Å². The molecule has 1 atom stereocenters. The fourth-order valence-electron chi connectivity index (χ4n) is 5.03. The summed E-state index contributed by atoms with van der Waals surface area (Å²) in [5.74, 6) is -0.982. The maximum absolute atomic E-state index is 13.5. The Bertz CT molecular complexity index is 880. The number of rotatable bonds is 3. The lowest BCUT2D eigenvalue weighted by atomic mass is 9.83. The number of hydrogen-bond acceptors (Lipinski definition) is 4. The van der Waals surface area contributed by atoms with Crippen LogP contribution >= 0.6 is 0 Å². The van der Waals surface area contributed by atoms with Crippen molar-refractivity contribution in [1.82, 2.24) is 9.80 Å². The molecular weight excluding hydrogens is 352 g/mol. The van der Waals surface area contributed by atoms with Crippen molar-refractivity contribution in [2.24, 2.45) is 0 Å². The van der Waals surface area contributed by atoms with Crippen molar-refractivity contribution in [2.45, 2.75) is 57.2 Å². The number of Topliss-reactive ketones (excluding diaryl/α,β-unsaturated/α-hetero) is 1. The topological polar surface area (TPSA) is 60.9 Å². The number of amides is 1. The Hall–Kier alpha value is -2.40. The summed E-state index contributed by atoms with van der Waals surface area (Å²) >= 11 is 0. The molecule has 0 spiro atoms. The summed E-state index contributed by atoms with van der Waals surface area (Å²) in [5.41, 5.74) is 0.453. The van der Waals surface area contributed by atoms with Crippen LogP contribution in [0.15, 0.2) is 42.5 Å². The van der Waals surface area contributed by atoms with Gasteiger partial charge in [0.2, 0.25) is 5.78 Å². The number of aliphatic hydroxyl groups is 1. The van der Waals surface area contributed by atoms with E-state index >= 15 is 0 Å². The number of fused-ring (bicyclic) bond motifs is 3. The number of likely N-dealkylation sites (tertiary alicyclic amines) is 1. The van der Waals surface area contributed by atoms with Crippen molar-refractivity contribution in [2.75, 3.05) is 13.1 Å². The van der Waals surface area contributed by atoms with E-state index in [9.17, 15) is 14.7 Å². The zero-order valence-electron chi connectivity index (χ0n) is 16.7. The van der Waals surface area contributed by atoms with E-state index in [-0.39, 0.29) is 0 Å². The Morgan fingerprint density at radius 3 is 2.57 bits per heavy atom. The van der Waals surface area contributed by atoms with Gasteiger partial charge in [-0.2, -0.15) is 0 Å². The van der Waals surface area contributed by atoms with Crippen LogP contribution in [0.1, 0.15) is 50.7 Å². The van der Waals surface area contributed by atoms with Crippen LogP contribution in [0.25, 0.3) is 5.70 Å². The summed E-state index contributed by atoms with van der Waals surface area (Å²) < 4.78 is 0. The molecule has 1 saturated heterocycles. The predicted octanol–water partition coefficient (Wildman–Crippen LogP) is 2.89. The quantitative estimate of drug-likeness (QED) is 0.647. The number of piperidine rings is 1. The van der Waals surface area contributed by atoms with Crippen LogP contribution in [0.3, 0.4) is 0 Å². The van der Waals surface area contributed by atoms with E-state index in [2.05, 4.69) is 12.6 Å². The summed E-state index contributed by atoms with van der Waals surface area (Å²) in [7, 11) is 0. The Labute approximate surface area is 166 Å². The van der Waals surface area contributed by atoms with Gasteiger partial charge < -0.3 is 14.9 Å². The maximum Gasteiger partial charge on any atom is 0.284 e. The first-order valence-electron chi connectivity index (χ1n) is 10.1. The summed E-state index contributed by atoms with van der Waals surface area (Å²) in [5, 5.41) is 11.7. The smallest absolute Gasteiger partial charge is 0.284 e. The Kier molecular flexibility index (Phi) is 4.46. The molecule has 1 fully saturated rings. The lowest BCUT2D eigenvalue weighted by Gasteiger charge is -2.50. The lowest BCUT2D eigenvalue weighted by molar-refractivity contribution is -0.179. The molecular formula is C23H28N2O3. The number of carbonyl (C=O) groups excluding carboxylic acids is 2. The fourth-order valence-corrected chi connectivity index (χ4v) is 5.03. The highest BCUT2D eigenvalue weighted by Crippen LogP contribution is 2.50. The number of nitrogens with zero attached hydrogens (tertiary/aromatic N) is 2. The minimum atomic E-state index is -2.18. The van der Waals surface area contributed by atoms with Gasteiger partial charge in [-0.3, -0.25) is 9.59 Å². The minimum Gasteiger partial charge on any atom is -0.357 e. The summed E-state index contributed by atoms with van der Waals surface area (Å²) in [6, 6.07) is 7.95. The van der Waals surface area contributed by atoms with Gasteiger partial charge in [0, 0.05) is 29.8 Å². The van der Waals surface area contributed by atoms with Crippen LogP contribution < -0.4 is 0 Å². The van der Waals surface area contributed by atoms with Crippen LogP contribution in [0.5, 0.6) is 0 Å². The third-order valence-corrected chi connectivity index (χ3v) is 6.21. The van der Waals surface area contributed by atoms with Gasteiger partial charge in [0.05, 0.1) is 5.70 Å². The van der Waals surface area contributed by atoms with Gasteiger partial charge in [0.25, 0.3) is 11.6 Å². The first kappa shape index (κ1) is 18.9. The standard InChI is InChI=1S/C23H28N2O3/c1-4-10-18-19-17-12-7-6-11-16(17)15-22(2,3)25(19)23(28,20(18)26)21(27)24-13-8-5-9-14-24/h4,6-7,11-12,28H,1,5,8-10,13-15H2,2-3H3. The second-order valence-corrected chi connectivity index (χ2v) is 8.66. The van der Waals surface area contributed by atoms with Gasteiger partial charge >= 0.3 is 0 Å². The van der Waals surface area contributed by atoms with Crippen molar-refractivity contribution >= 4 is 17.4 Å². The van der Waals surface area contributed by atoms with Crippen LogP contribution in [-0.2, 0) is 16.0 Å². The number of hydrogen-bond donors (Lipinski definition) is 1. The van der Waals surface area contributed by atoms with E-state index in [4.69, 9.17) is 0 Å². The molecule has 1 N–H and O–H groups in total. The predicted molar refractivity (Wildman–Crippen MR) is 108 cm³/mol. The van der Waals surface area contributed by atoms with Crippen molar-refractivity contribution < 1.29 is 14.7 Å². The van der Waals surface area contributed by atoms with Gasteiger partial charge in [-0.1, -0.05) is 30.3 Å². The van der Waals surface area contributed by atoms with E-state index in [1.807, 2.05) is 32.0 Å². The third kappa shape index (κ3) is 2.56. The number of allylic oxidation sites excluding steroid dienone is 1. The van der Waals surface area contributed by atoms with Crippen LogP contribution in [0.2, 0.25) is 0 Å². The molecule has 5 heteroatoms. The normalized spacial score (nSPS) is 26.2. The molecule has 0 aliphatic carbocycles. The van der Waals surface area contributed by atoms with Crippen LogP contribution in [0.4, 0.5) is 0 Å². The first-order valence-corrected chi connectivity index (χ1v) is 10.1. The van der Waals surface area contributed by atoms with E-state index in [0.717, 1.165) is 30.4 Å². The second kappa shape index (κ2) is 6.59. The van der Waals surface area contributed by atoms with Gasteiger partial charge in [-0.15, -0.1) is 6.58 Å². The van der Waals surface area contributed by atoms with Crippen LogP contribution in [-0.4, -0.2) is 51.0 Å². The minimum absolute atomic E-state index is 0.324. The van der Waals surface area contributed by atoms with E-state index in [1.54, 1.807) is 15.9 Å². The molecule has 1 amide bonds. The average Bonchev–Trinajstić information content (AvgIpc) is 2.92. The highest BCUT2D eigenvalue weighted by molar-refractivity contribution is 6.23. The van der Waals surface area contributed by atoms with E-state index in [0.29, 0.717) is 37.2 Å². The number of carbonyl (C=O) groups is 2. The summed E-state index contributed by atoms with van der Waals surface area (Å²) in [6.45, 7) is 8.94. The van der Waals surface area contributed by atoms with Gasteiger partial charge in [-0.25, -0.2) is 0 Å². The molecule has 1 unspecified atom stereocenters. The zero-order valence-corrected chi connectivity index (χ0v) is 16.7. The van der Waals surface area contributed by atoms with E-state index < -0.39 is 23.0 Å². The average molecular weight is 380 g/mol. The Morgan fingerprint density at radius 2 is 1.89 bits per heavy atom. The number of benzene rings is 1. The van der Waals surface area contributed by atoms with Gasteiger partial charge in [0.15, 0.2) is 0 Å². The van der Waals surface area contributed by atoms with Crippen molar-refractivity contribution in [3.8, 4) is 0 Å². The van der Waals surface area contributed by atoms with Crippen molar-refractivity contribution in [3.63, 3.8) is 0 Å². The molecule has 1 aromatic rings. The molecule has 148 valence electrons. The van der Waals surface area contributed by atoms with Crippen LogP contribution in [0, 0.1) is 0 Å². The Morgan fingerprint density at radius 1 is 1.21 bits per heavy atom. The van der Waals surface area contributed by atoms with E-state index in [1.165, 1.54) is 0 Å². The first-order chi connectivity index (χ1) is 13.3. The van der Waals surface area contributed by atoms with Crippen molar-refractivity contribution in [1.29, 1.82) is 0 Å². The molecule has 0 radical (unpaired) electrons. The molecule has 1 aromatic carbocycles. The molecule has 0 saturated carbocycles. The molecule has 3 aliphatic heterocycles. The second-order valence-electron chi connectivity index (χ2n) is 8.66.